The largest absolute Gasteiger partial charge is 0.463 e. The Kier molecular flexibility index (Phi) is 6.89. The van der Waals surface area contributed by atoms with Crippen LogP contribution in [0.15, 0.2) is 46.4 Å². The Labute approximate surface area is 186 Å². The topological polar surface area (TPSA) is 95.2 Å². The first-order valence-corrected chi connectivity index (χ1v) is 9.41. The van der Waals surface area contributed by atoms with E-state index >= 15 is 0 Å². The van der Waals surface area contributed by atoms with E-state index in [-0.39, 0.29) is 36.4 Å². The summed E-state index contributed by atoms with van der Waals surface area (Å²) in [7, 11) is 0. The number of nitrogens with zero attached hydrogens (tertiary/aromatic N) is 2. The van der Waals surface area contributed by atoms with Crippen molar-refractivity contribution in [3.8, 4) is 0 Å². The molecule has 2 aromatic carbocycles. The molecular weight excluding hydrogens is 480 g/mol. The Bertz CT molecular complexity index is 1030. The van der Waals surface area contributed by atoms with Crippen LogP contribution in [0.4, 0.5) is 35.1 Å². The number of ether oxygens (including phenoxy) is 2. The second-order valence-electron chi connectivity index (χ2n) is 7.05. The SMILES string of the molecule is NC1=N[C@@H](c2ccc(F)cc2C(F)(F)F)CO1.NC1=N[C@H](c2ccc(F)cc2C(F)(F)F)CO1. The number of amidine groups is 2. The van der Waals surface area contributed by atoms with Crippen LogP contribution >= 0.6 is 0 Å². The molecule has 2 aliphatic heterocycles. The van der Waals surface area contributed by atoms with Gasteiger partial charge in [0.25, 0.3) is 12.0 Å². The third-order valence-electron chi connectivity index (χ3n) is 4.70. The summed E-state index contributed by atoms with van der Waals surface area (Å²) in [6.45, 7) is -0.138. The molecule has 0 aliphatic carbocycles. The molecule has 0 spiro atoms. The van der Waals surface area contributed by atoms with Gasteiger partial charge in [0.2, 0.25) is 0 Å². The van der Waals surface area contributed by atoms with E-state index < -0.39 is 47.2 Å². The Morgan fingerprint density at radius 3 is 1.29 bits per heavy atom. The molecular formula is C20H16F8N4O2. The summed E-state index contributed by atoms with van der Waals surface area (Å²) in [5.74, 6) is -1.89. The van der Waals surface area contributed by atoms with Gasteiger partial charge in [-0.25, -0.2) is 18.8 Å². The van der Waals surface area contributed by atoms with E-state index in [1.54, 1.807) is 0 Å². The van der Waals surface area contributed by atoms with E-state index in [0.29, 0.717) is 12.1 Å². The monoisotopic (exact) mass is 496 g/mol. The smallest absolute Gasteiger partial charge is 0.416 e. The van der Waals surface area contributed by atoms with Crippen LogP contribution in [0, 0.1) is 11.6 Å². The maximum Gasteiger partial charge on any atom is 0.416 e. The quantitative estimate of drug-likeness (QED) is 0.601. The molecule has 2 aromatic rings. The number of hydrogen-bond acceptors (Lipinski definition) is 6. The van der Waals surface area contributed by atoms with Gasteiger partial charge in [0.05, 0.1) is 11.1 Å². The summed E-state index contributed by atoms with van der Waals surface area (Å²) in [5, 5.41) is 0. The van der Waals surface area contributed by atoms with Gasteiger partial charge in [-0.2, -0.15) is 26.3 Å². The standard InChI is InChI=1S/2C10H8F4N2O/c2*11-5-1-2-6(7(3-5)10(12,13)14)8-4-17-9(15)16-8/h2*1-3,8H,4H2,(H2,15,16)/t2*8-/m10/s1. The summed E-state index contributed by atoms with van der Waals surface area (Å²) in [4.78, 5) is 7.42. The molecule has 6 nitrogen and oxygen atoms in total. The molecule has 0 aromatic heterocycles. The molecule has 14 heteroatoms. The maximum absolute atomic E-state index is 12.8. The number of alkyl halides is 6. The van der Waals surface area contributed by atoms with Crippen molar-refractivity contribution < 1.29 is 44.6 Å². The van der Waals surface area contributed by atoms with E-state index in [2.05, 4.69) is 9.98 Å². The van der Waals surface area contributed by atoms with Crippen molar-refractivity contribution in [2.45, 2.75) is 24.4 Å². The van der Waals surface area contributed by atoms with Gasteiger partial charge in [-0.15, -0.1) is 0 Å². The molecule has 4 rings (SSSR count). The first-order chi connectivity index (χ1) is 15.8. The van der Waals surface area contributed by atoms with Crippen molar-refractivity contribution in [1.29, 1.82) is 0 Å². The third-order valence-corrected chi connectivity index (χ3v) is 4.70. The molecule has 0 saturated heterocycles. The second-order valence-corrected chi connectivity index (χ2v) is 7.05. The highest BCUT2D eigenvalue weighted by atomic mass is 19.4. The molecule has 0 saturated carbocycles. The number of nitrogens with two attached hydrogens (primary N) is 2. The van der Waals surface area contributed by atoms with E-state index in [1.165, 1.54) is 0 Å². The fourth-order valence-corrected chi connectivity index (χ4v) is 3.23. The summed E-state index contributed by atoms with van der Waals surface area (Å²) in [5.41, 5.74) is 8.07. The normalized spacial score (nSPS) is 20.0. The van der Waals surface area contributed by atoms with Crippen molar-refractivity contribution >= 4 is 12.0 Å². The van der Waals surface area contributed by atoms with Crippen LogP contribution in [0.1, 0.15) is 34.3 Å². The molecule has 0 fully saturated rings. The lowest BCUT2D eigenvalue weighted by Crippen LogP contribution is -2.12. The highest BCUT2D eigenvalue weighted by Gasteiger charge is 2.38. The molecule has 2 aliphatic rings. The predicted octanol–water partition coefficient (Wildman–Crippen LogP) is 4.46. The number of halogens is 8. The number of rotatable bonds is 2. The van der Waals surface area contributed by atoms with Gasteiger partial charge in [0, 0.05) is 0 Å². The van der Waals surface area contributed by atoms with E-state index in [4.69, 9.17) is 20.9 Å². The zero-order valence-corrected chi connectivity index (χ0v) is 16.9. The average molecular weight is 496 g/mol. The van der Waals surface area contributed by atoms with Crippen LogP contribution in [-0.2, 0) is 21.8 Å². The zero-order chi connectivity index (χ0) is 25.3. The Morgan fingerprint density at radius 2 is 1.03 bits per heavy atom. The van der Waals surface area contributed by atoms with Crippen LogP contribution in [0.25, 0.3) is 0 Å². The van der Waals surface area contributed by atoms with E-state index in [1.807, 2.05) is 0 Å². The minimum absolute atomic E-state index is 0.0689. The molecule has 0 radical (unpaired) electrons. The fraction of sp³-hybridized carbons (Fsp3) is 0.300. The average Bonchev–Trinajstić information content (AvgIpc) is 3.35. The highest BCUT2D eigenvalue weighted by Crippen LogP contribution is 2.38. The van der Waals surface area contributed by atoms with Gasteiger partial charge in [-0.3, -0.25) is 0 Å². The summed E-state index contributed by atoms with van der Waals surface area (Å²) in [6, 6.07) is 2.89. The maximum atomic E-state index is 12.8. The van der Waals surface area contributed by atoms with Gasteiger partial charge < -0.3 is 20.9 Å². The Morgan fingerprint density at radius 1 is 0.676 bits per heavy atom. The van der Waals surface area contributed by atoms with Crippen LogP contribution in [0.2, 0.25) is 0 Å². The lowest BCUT2D eigenvalue weighted by molar-refractivity contribution is -0.139. The van der Waals surface area contributed by atoms with Crippen molar-refractivity contribution in [2.24, 2.45) is 21.5 Å². The van der Waals surface area contributed by atoms with E-state index in [0.717, 1.165) is 24.3 Å². The molecule has 2 heterocycles. The lowest BCUT2D eigenvalue weighted by atomic mass is 10.0. The molecule has 4 N–H and O–H groups in total. The van der Waals surface area contributed by atoms with Crippen molar-refractivity contribution in [3.05, 3.63) is 70.3 Å². The van der Waals surface area contributed by atoms with Crippen molar-refractivity contribution in [3.63, 3.8) is 0 Å². The zero-order valence-electron chi connectivity index (χ0n) is 16.9. The lowest BCUT2D eigenvalue weighted by Gasteiger charge is -2.14. The molecule has 0 unspecified atom stereocenters. The third kappa shape index (κ3) is 5.85. The van der Waals surface area contributed by atoms with Gasteiger partial charge >= 0.3 is 12.4 Å². The van der Waals surface area contributed by atoms with E-state index in [9.17, 15) is 35.1 Å². The summed E-state index contributed by atoms with van der Waals surface area (Å²) < 4.78 is 111. The van der Waals surface area contributed by atoms with Gasteiger partial charge in [-0.05, 0) is 35.4 Å². The van der Waals surface area contributed by atoms with Crippen LogP contribution in [-0.4, -0.2) is 25.3 Å². The summed E-state index contributed by atoms with van der Waals surface area (Å²) >= 11 is 0. The van der Waals surface area contributed by atoms with Crippen LogP contribution in [0.3, 0.4) is 0 Å². The first kappa shape index (κ1) is 25.1. The van der Waals surface area contributed by atoms with Gasteiger partial charge in [0.15, 0.2) is 0 Å². The minimum atomic E-state index is -4.63. The molecule has 0 amide bonds. The minimum Gasteiger partial charge on any atom is -0.463 e. The molecule has 0 bridgehead atoms. The second kappa shape index (κ2) is 9.35. The first-order valence-electron chi connectivity index (χ1n) is 9.41. The van der Waals surface area contributed by atoms with Gasteiger partial charge in [-0.1, -0.05) is 12.1 Å². The Balaban J connectivity index is 0.000000191. The molecule has 2 atom stereocenters. The number of benzene rings is 2. The predicted molar refractivity (Wildman–Crippen MR) is 103 cm³/mol. The van der Waals surface area contributed by atoms with Crippen LogP contribution < -0.4 is 11.5 Å². The van der Waals surface area contributed by atoms with Crippen molar-refractivity contribution in [2.75, 3.05) is 13.2 Å². The van der Waals surface area contributed by atoms with Gasteiger partial charge in [0.1, 0.15) is 36.9 Å². The molecule has 34 heavy (non-hydrogen) atoms. The van der Waals surface area contributed by atoms with Crippen molar-refractivity contribution in [1.82, 2.24) is 0 Å². The number of hydrogen-bond donors (Lipinski definition) is 2. The highest BCUT2D eigenvalue weighted by molar-refractivity contribution is 5.73. The molecule has 184 valence electrons. The van der Waals surface area contributed by atoms with Crippen LogP contribution in [0.5, 0.6) is 0 Å². The summed E-state index contributed by atoms with van der Waals surface area (Å²) in [6.07, 6.45) is -9.27. The number of aliphatic imine (C=N–C) groups is 2. The Hall–Kier alpha value is -3.58. The fourth-order valence-electron chi connectivity index (χ4n) is 3.23.